The van der Waals surface area contributed by atoms with Crippen LogP contribution in [-0.2, 0) is 16.3 Å². The Morgan fingerprint density at radius 2 is 1.32 bits per heavy atom. The van der Waals surface area contributed by atoms with Crippen LogP contribution in [0.25, 0.3) is 0 Å². The lowest BCUT2D eigenvalue weighted by molar-refractivity contribution is -0.118. The van der Waals surface area contributed by atoms with E-state index >= 15 is 0 Å². The minimum absolute atomic E-state index is 0.310. The van der Waals surface area contributed by atoms with Gasteiger partial charge in [-0.2, -0.15) is 0 Å². The highest BCUT2D eigenvalue weighted by molar-refractivity contribution is 8.21. The number of thioether (sulfide) groups is 2. The van der Waals surface area contributed by atoms with Crippen molar-refractivity contribution in [3.63, 3.8) is 0 Å². The van der Waals surface area contributed by atoms with Gasteiger partial charge in [0.2, 0.25) is 0 Å². The molecule has 25 heavy (non-hydrogen) atoms. The molecule has 0 N–H and O–H groups in total. The maximum Gasteiger partial charge on any atom is 0.163 e. The van der Waals surface area contributed by atoms with Crippen LogP contribution in [0.5, 0.6) is 0 Å². The van der Waals surface area contributed by atoms with E-state index in [0.717, 1.165) is 29.9 Å². The summed E-state index contributed by atoms with van der Waals surface area (Å²) in [4.78, 5) is 12.7. The highest BCUT2D eigenvalue weighted by Crippen LogP contribution is 2.51. The summed E-state index contributed by atoms with van der Waals surface area (Å²) < 4.78 is 1.27. The maximum atomic E-state index is 12.7. The van der Waals surface area contributed by atoms with Crippen molar-refractivity contribution < 1.29 is 4.79 Å². The molecule has 4 rings (SSSR count). The van der Waals surface area contributed by atoms with E-state index in [1.54, 1.807) is 0 Å². The molecule has 2 aromatic rings. The smallest absolute Gasteiger partial charge is 0.163 e. The number of carbonyl (C=O) groups excluding carboxylic acids is 1. The van der Waals surface area contributed by atoms with Crippen molar-refractivity contribution in [2.75, 3.05) is 0 Å². The zero-order valence-electron chi connectivity index (χ0n) is 14.2. The van der Waals surface area contributed by atoms with E-state index in [9.17, 15) is 4.79 Å². The zero-order chi connectivity index (χ0) is 17.1. The second-order valence-electron chi connectivity index (χ2n) is 6.82. The SMILES string of the molecule is O=C1C(=C(SCc2ccccc2)SCc2ccccc2)C2CCC1C2. The number of rotatable bonds is 6. The van der Waals surface area contributed by atoms with Crippen molar-refractivity contribution in [2.45, 2.75) is 30.8 Å². The van der Waals surface area contributed by atoms with E-state index < -0.39 is 0 Å². The molecule has 128 valence electrons. The Labute approximate surface area is 158 Å². The van der Waals surface area contributed by atoms with Gasteiger partial charge < -0.3 is 0 Å². The van der Waals surface area contributed by atoms with E-state index in [0.29, 0.717) is 17.6 Å². The topological polar surface area (TPSA) is 17.1 Å². The summed E-state index contributed by atoms with van der Waals surface area (Å²) in [6.45, 7) is 0. The van der Waals surface area contributed by atoms with E-state index in [1.807, 2.05) is 23.5 Å². The normalized spacial score (nSPS) is 21.8. The van der Waals surface area contributed by atoms with E-state index in [2.05, 4.69) is 60.7 Å². The third-order valence-electron chi connectivity index (χ3n) is 5.12. The molecule has 2 bridgehead atoms. The number of Topliss-reactive ketones (excluding diaryl/α,β-unsaturated/α-hetero) is 1. The van der Waals surface area contributed by atoms with Crippen LogP contribution in [0.15, 0.2) is 70.5 Å². The van der Waals surface area contributed by atoms with Crippen LogP contribution < -0.4 is 0 Å². The zero-order valence-corrected chi connectivity index (χ0v) is 15.8. The van der Waals surface area contributed by atoms with Gasteiger partial charge in [-0.15, -0.1) is 23.5 Å². The molecule has 2 aliphatic carbocycles. The van der Waals surface area contributed by atoms with Gasteiger partial charge >= 0.3 is 0 Å². The molecule has 2 saturated carbocycles. The number of carbonyl (C=O) groups is 1. The first-order chi connectivity index (χ1) is 12.3. The van der Waals surface area contributed by atoms with Crippen molar-refractivity contribution in [3.05, 3.63) is 81.6 Å². The average Bonchev–Trinajstić information content (AvgIpc) is 3.25. The third-order valence-corrected chi connectivity index (χ3v) is 7.75. The van der Waals surface area contributed by atoms with Crippen molar-refractivity contribution in [1.82, 2.24) is 0 Å². The molecule has 1 nitrogen and oxygen atoms in total. The summed E-state index contributed by atoms with van der Waals surface area (Å²) in [7, 11) is 0. The minimum Gasteiger partial charge on any atom is -0.294 e. The highest BCUT2D eigenvalue weighted by atomic mass is 32.2. The first-order valence-electron chi connectivity index (χ1n) is 8.93. The van der Waals surface area contributed by atoms with Crippen molar-refractivity contribution in [1.29, 1.82) is 0 Å². The Balaban J connectivity index is 1.54. The summed E-state index contributed by atoms with van der Waals surface area (Å²) in [6.07, 6.45) is 3.40. The molecule has 2 aliphatic rings. The predicted octanol–water partition coefficient (Wildman–Crippen LogP) is 6.06. The Morgan fingerprint density at radius 1 is 0.800 bits per heavy atom. The minimum atomic E-state index is 0.310. The number of hydrogen-bond acceptors (Lipinski definition) is 3. The first kappa shape index (κ1) is 17.0. The molecule has 0 heterocycles. The van der Waals surface area contributed by atoms with Gasteiger partial charge in [-0.05, 0) is 36.3 Å². The van der Waals surface area contributed by atoms with Gasteiger partial charge in [0.1, 0.15) is 0 Å². The van der Waals surface area contributed by atoms with Gasteiger partial charge in [-0.1, -0.05) is 60.7 Å². The average molecular weight is 367 g/mol. The van der Waals surface area contributed by atoms with Gasteiger partial charge in [0.05, 0.1) is 0 Å². The van der Waals surface area contributed by atoms with E-state index in [1.165, 1.54) is 21.8 Å². The summed E-state index contributed by atoms with van der Waals surface area (Å²) in [5.74, 6) is 3.13. The molecule has 0 amide bonds. The summed E-state index contributed by atoms with van der Waals surface area (Å²) in [6, 6.07) is 21.1. The third kappa shape index (κ3) is 3.88. The van der Waals surface area contributed by atoms with E-state index in [4.69, 9.17) is 0 Å². The monoisotopic (exact) mass is 366 g/mol. The molecule has 3 heteroatoms. The number of allylic oxidation sites excluding steroid dienone is 1. The van der Waals surface area contributed by atoms with Crippen LogP contribution >= 0.6 is 23.5 Å². The molecule has 0 aromatic heterocycles. The molecule has 2 aromatic carbocycles. The Morgan fingerprint density at radius 3 is 1.80 bits per heavy atom. The molecule has 0 spiro atoms. The lowest BCUT2D eigenvalue weighted by Crippen LogP contribution is -2.13. The number of fused-ring (bicyclic) bond motifs is 2. The van der Waals surface area contributed by atoms with Gasteiger partial charge in [0, 0.05) is 27.2 Å². The molecule has 2 fully saturated rings. The fourth-order valence-corrected chi connectivity index (χ4v) is 6.33. The summed E-state index contributed by atoms with van der Waals surface area (Å²) >= 11 is 3.71. The van der Waals surface area contributed by atoms with Crippen LogP contribution in [0.2, 0.25) is 0 Å². The van der Waals surface area contributed by atoms with Gasteiger partial charge in [-0.3, -0.25) is 4.79 Å². The summed E-state index contributed by atoms with van der Waals surface area (Å²) in [5, 5.41) is 0. The Hall–Kier alpha value is -1.45. The van der Waals surface area contributed by atoms with Crippen LogP contribution in [-0.4, -0.2) is 5.78 Å². The van der Waals surface area contributed by atoms with Crippen molar-refractivity contribution >= 4 is 29.3 Å². The second-order valence-corrected chi connectivity index (χ2v) is 9.05. The largest absolute Gasteiger partial charge is 0.294 e. The molecule has 2 atom stereocenters. The molecular formula is C22H22OS2. The second kappa shape index (κ2) is 7.84. The highest BCUT2D eigenvalue weighted by Gasteiger charge is 2.44. The standard InChI is InChI=1S/C22H22OS2/c23-21-19-12-11-18(13-19)20(21)22(24-14-16-7-3-1-4-8-16)25-15-17-9-5-2-6-10-17/h1-10,18-19H,11-15H2. The number of benzene rings is 2. The van der Waals surface area contributed by atoms with Crippen molar-refractivity contribution in [2.24, 2.45) is 11.8 Å². The molecule has 2 unspecified atom stereocenters. The van der Waals surface area contributed by atoms with Gasteiger partial charge in [0.15, 0.2) is 5.78 Å². The first-order valence-corrected chi connectivity index (χ1v) is 10.9. The Kier molecular flexibility index (Phi) is 5.33. The number of ketones is 1. The fraction of sp³-hybridized carbons (Fsp3) is 0.318. The van der Waals surface area contributed by atoms with Crippen LogP contribution in [0.3, 0.4) is 0 Å². The van der Waals surface area contributed by atoms with Crippen molar-refractivity contribution in [3.8, 4) is 0 Å². The molecular weight excluding hydrogens is 344 g/mol. The lowest BCUT2D eigenvalue weighted by atomic mass is 9.95. The quantitative estimate of drug-likeness (QED) is 0.578. The molecule has 0 aliphatic heterocycles. The maximum absolute atomic E-state index is 12.7. The molecule has 0 saturated heterocycles. The molecule has 0 radical (unpaired) electrons. The van der Waals surface area contributed by atoms with Crippen LogP contribution in [0.1, 0.15) is 30.4 Å². The number of hydrogen-bond donors (Lipinski definition) is 0. The predicted molar refractivity (Wildman–Crippen MR) is 108 cm³/mol. The lowest BCUT2D eigenvalue weighted by Gasteiger charge is -2.18. The van der Waals surface area contributed by atoms with E-state index in [-0.39, 0.29) is 0 Å². The van der Waals surface area contributed by atoms with Gasteiger partial charge in [0.25, 0.3) is 0 Å². The fourth-order valence-electron chi connectivity index (χ4n) is 3.81. The van der Waals surface area contributed by atoms with Gasteiger partial charge in [-0.25, -0.2) is 0 Å². The van der Waals surface area contributed by atoms with Crippen LogP contribution in [0.4, 0.5) is 0 Å². The summed E-state index contributed by atoms with van der Waals surface area (Å²) in [5.41, 5.74) is 3.79. The Bertz CT molecular complexity index is 722. The van der Waals surface area contributed by atoms with Crippen LogP contribution in [0, 0.1) is 11.8 Å².